The van der Waals surface area contributed by atoms with E-state index in [1.54, 1.807) is 36.4 Å². The lowest BCUT2D eigenvalue weighted by Crippen LogP contribution is -2.20. The number of ether oxygens (including phenoxy) is 1. The molecule has 1 amide bonds. The highest BCUT2D eigenvalue weighted by atomic mass is 79.9. The molecule has 2 rings (SSSR count). The van der Waals surface area contributed by atoms with Crippen LogP contribution in [-0.2, 0) is 4.79 Å². The molecule has 2 aromatic carbocycles. The molecule has 0 aliphatic heterocycles. The van der Waals surface area contributed by atoms with Gasteiger partial charge in [0.15, 0.2) is 6.61 Å². The van der Waals surface area contributed by atoms with Crippen LogP contribution in [0.15, 0.2) is 53.0 Å². The Hall–Kier alpha value is -2.14. The Kier molecular flexibility index (Phi) is 4.90. The fraction of sp³-hybridized carbons (Fsp3) is 0.0667. The van der Waals surface area contributed by atoms with Gasteiger partial charge in [-0.05, 0) is 42.5 Å². The number of hydrogen-bond acceptors (Lipinski definition) is 3. The Morgan fingerprint density at radius 3 is 2.60 bits per heavy atom. The largest absolute Gasteiger partial charge is 0.484 e. The second-order valence-electron chi connectivity index (χ2n) is 4.03. The minimum atomic E-state index is -0.248. The third-order valence-corrected chi connectivity index (χ3v) is 2.99. The molecule has 0 radical (unpaired) electrons. The normalized spacial score (nSPS) is 9.85. The second kappa shape index (κ2) is 6.86. The van der Waals surface area contributed by atoms with Gasteiger partial charge in [0, 0.05) is 15.7 Å². The highest BCUT2D eigenvalue weighted by Gasteiger charge is 2.04. The molecule has 0 aliphatic carbocycles. The van der Waals surface area contributed by atoms with Gasteiger partial charge in [-0.2, -0.15) is 0 Å². The maximum absolute atomic E-state index is 11.7. The Bertz CT molecular complexity index is 611. The number of nitrogens with one attached hydrogen (secondary N) is 1. The van der Waals surface area contributed by atoms with Crippen LogP contribution in [0.1, 0.15) is 10.4 Å². The number of carbonyl (C=O) groups excluding carboxylic acids is 2. The number of amides is 1. The molecule has 5 heteroatoms. The van der Waals surface area contributed by atoms with Crippen molar-refractivity contribution >= 4 is 33.8 Å². The molecule has 0 aliphatic rings. The van der Waals surface area contributed by atoms with Gasteiger partial charge < -0.3 is 10.1 Å². The van der Waals surface area contributed by atoms with E-state index in [1.165, 1.54) is 0 Å². The van der Waals surface area contributed by atoms with Crippen molar-refractivity contribution in [2.45, 2.75) is 0 Å². The second-order valence-corrected chi connectivity index (χ2v) is 4.95. The van der Waals surface area contributed by atoms with Crippen molar-refractivity contribution < 1.29 is 14.3 Å². The standard InChI is InChI=1S/C15H12BrNO3/c16-12-2-1-3-13(8-12)17-15(19)10-20-14-6-4-11(9-18)5-7-14/h1-9H,10H2,(H,17,19). The summed E-state index contributed by atoms with van der Waals surface area (Å²) in [5.41, 5.74) is 1.26. The molecule has 0 saturated heterocycles. The fourth-order valence-corrected chi connectivity index (χ4v) is 1.95. The van der Waals surface area contributed by atoms with Crippen LogP contribution in [0.4, 0.5) is 5.69 Å². The summed E-state index contributed by atoms with van der Waals surface area (Å²) in [6.07, 6.45) is 0.754. The number of halogens is 1. The van der Waals surface area contributed by atoms with Gasteiger partial charge in [-0.3, -0.25) is 9.59 Å². The molecule has 0 saturated carbocycles. The van der Waals surface area contributed by atoms with Crippen molar-refractivity contribution in [2.24, 2.45) is 0 Å². The third-order valence-electron chi connectivity index (χ3n) is 2.49. The number of aldehydes is 1. The fourth-order valence-electron chi connectivity index (χ4n) is 1.55. The van der Waals surface area contributed by atoms with Crippen molar-refractivity contribution in [1.29, 1.82) is 0 Å². The van der Waals surface area contributed by atoms with E-state index in [9.17, 15) is 9.59 Å². The summed E-state index contributed by atoms with van der Waals surface area (Å²) in [6, 6.07) is 13.9. The number of anilines is 1. The summed E-state index contributed by atoms with van der Waals surface area (Å²) in [6.45, 7) is -0.0903. The van der Waals surface area contributed by atoms with E-state index in [4.69, 9.17) is 4.74 Å². The van der Waals surface area contributed by atoms with Gasteiger partial charge in [-0.1, -0.05) is 22.0 Å². The first kappa shape index (κ1) is 14.3. The van der Waals surface area contributed by atoms with E-state index < -0.39 is 0 Å². The van der Waals surface area contributed by atoms with Crippen LogP contribution >= 0.6 is 15.9 Å². The summed E-state index contributed by atoms with van der Waals surface area (Å²) >= 11 is 3.33. The molecule has 4 nitrogen and oxygen atoms in total. The topological polar surface area (TPSA) is 55.4 Å². The summed E-state index contributed by atoms with van der Waals surface area (Å²) in [4.78, 5) is 22.2. The lowest BCUT2D eigenvalue weighted by molar-refractivity contribution is -0.118. The monoisotopic (exact) mass is 333 g/mol. The zero-order valence-electron chi connectivity index (χ0n) is 10.5. The SMILES string of the molecule is O=Cc1ccc(OCC(=O)Nc2cccc(Br)c2)cc1. The molecule has 1 N–H and O–H groups in total. The minimum absolute atomic E-state index is 0.0903. The minimum Gasteiger partial charge on any atom is -0.484 e. The van der Waals surface area contributed by atoms with Crippen molar-refractivity contribution in [2.75, 3.05) is 11.9 Å². The molecular formula is C15H12BrNO3. The highest BCUT2D eigenvalue weighted by molar-refractivity contribution is 9.10. The van der Waals surface area contributed by atoms with Gasteiger partial charge >= 0.3 is 0 Å². The number of hydrogen-bond donors (Lipinski definition) is 1. The zero-order chi connectivity index (χ0) is 14.4. The first-order valence-corrected chi connectivity index (χ1v) is 6.70. The molecule has 0 atom stereocenters. The Labute approximate surface area is 124 Å². The van der Waals surface area contributed by atoms with Crippen LogP contribution in [0, 0.1) is 0 Å². The van der Waals surface area contributed by atoms with Crippen LogP contribution < -0.4 is 10.1 Å². The third kappa shape index (κ3) is 4.20. The Morgan fingerprint density at radius 1 is 1.20 bits per heavy atom. The predicted molar refractivity (Wildman–Crippen MR) is 80.1 cm³/mol. The van der Waals surface area contributed by atoms with E-state index in [1.807, 2.05) is 12.1 Å². The van der Waals surface area contributed by atoms with Crippen molar-refractivity contribution in [3.63, 3.8) is 0 Å². The molecule has 0 heterocycles. The van der Waals surface area contributed by atoms with Crippen LogP contribution in [0.5, 0.6) is 5.75 Å². The molecule has 0 spiro atoms. The summed E-state index contributed by atoms with van der Waals surface area (Å²) in [7, 11) is 0. The van der Waals surface area contributed by atoms with E-state index in [0.29, 0.717) is 17.0 Å². The van der Waals surface area contributed by atoms with Crippen LogP contribution in [-0.4, -0.2) is 18.8 Å². The molecule has 0 unspecified atom stereocenters. The van der Waals surface area contributed by atoms with Crippen molar-refractivity contribution in [1.82, 2.24) is 0 Å². The predicted octanol–water partition coefficient (Wildman–Crippen LogP) is 3.28. The molecular weight excluding hydrogens is 322 g/mol. The number of benzene rings is 2. The maximum Gasteiger partial charge on any atom is 0.262 e. The zero-order valence-corrected chi connectivity index (χ0v) is 12.1. The van der Waals surface area contributed by atoms with Crippen LogP contribution in [0.25, 0.3) is 0 Å². The summed E-state index contributed by atoms with van der Waals surface area (Å²) in [5, 5.41) is 2.73. The molecule has 0 bridgehead atoms. The quantitative estimate of drug-likeness (QED) is 0.854. The van der Waals surface area contributed by atoms with E-state index in [0.717, 1.165) is 10.8 Å². The first-order chi connectivity index (χ1) is 9.67. The first-order valence-electron chi connectivity index (χ1n) is 5.91. The Morgan fingerprint density at radius 2 is 1.95 bits per heavy atom. The van der Waals surface area contributed by atoms with Gasteiger partial charge in [0.05, 0.1) is 0 Å². The molecule has 2 aromatic rings. The maximum atomic E-state index is 11.7. The molecule has 0 fully saturated rings. The van der Waals surface area contributed by atoms with Gasteiger partial charge in [0.25, 0.3) is 5.91 Å². The van der Waals surface area contributed by atoms with Gasteiger partial charge in [0.2, 0.25) is 0 Å². The number of rotatable bonds is 5. The Balaban J connectivity index is 1.87. The van der Waals surface area contributed by atoms with Gasteiger partial charge in [0.1, 0.15) is 12.0 Å². The average Bonchev–Trinajstić information content (AvgIpc) is 2.46. The van der Waals surface area contributed by atoms with E-state index in [2.05, 4.69) is 21.2 Å². The molecule has 102 valence electrons. The summed E-state index contributed by atoms with van der Waals surface area (Å²) < 4.78 is 6.22. The van der Waals surface area contributed by atoms with E-state index in [-0.39, 0.29) is 12.5 Å². The van der Waals surface area contributed by atoms with Crippen molar-refractivity contribution in [3.05, 3.63) is 58.6 Å². The molecule has 0 aromatic heterocycles. The van der Waals surface area contributed by atoms with E-state index >= 15 is 0 Å². The average molecular weight is 334 g/mol. The summed E-state index contributed by atoms with van der Waals surface area (Å²) in [5.74, 6) is 0.294. The highest BCUT2D eigenvalue weighted by Crippen LogP contribution is 2.16. The van der Waals surface area contributed by atoms with Gasteiger partial charge in [-0.15, -0.1) is 0 Å². The molecule has 20 heavy (non-hydrogen) atoms. The van der Waals surface area contributed by atoms with Crippen LogP contribution in [0.2, 0.25) is 0 Å². The van der Waals surface area contributed by atoms with Gasteiger partial charge in [-0.25, -0.2) is 0 Å². The number of carbonyl (C=O) groups is 2. The van der Waals surface area contributed by atoms with Crippen molar-refractivity contribution in [3.8, 4) is 5.75 Å². The smallest absolute Gasteiger partial charge is 0.262 e. The van der Waals surface area contributed by atoms with Crippen LogP contribution in [0.3, 0.4) is 0 Å². The lowest BCUT2D eigenvalue weighted by atomic mass is 10.2. The lowest BCUT2D eigenvalue weighted by Gasteiger charge is -2.07.